The summed E-state index contributed by atoms with van der Waals surface area (Å²) in [5.41, 5.74) is 1.57. The molecule has 2 heterocycles. The summed E-state index contributed by atoms with van der Waals surface area (Å²) in [4.78, 5) is 16.3. The van der Waals surface area contributed by atoms with Gasteiger partial charge in [-0.2, -0.15) is 0 Å². The Bertz CT molecular complexity index is 979. The number of rotatable bonds is 6. The number of fused-ring (bicyclic) bond motifs is 1. The smallest absolute Gasteiger partial charge is 0.336 e. The Hall–Kier alpha value is -2.15. The van der Waals surface area contributed by atoms with Crippen LogP contribution in [-0.2, 0) is 6.54 Å². The molecule has 5 nitrogen and oxygen atoms in total. The molecule has 0 spiro atoms. The Morgan fingerprint density at radius 3 is 2.43 bits per heavy atom. The third-order valence-corrected chi connectivity index (χ3v) is 5.58. The van der Waals surface area contributed by atoms with E-state index < -0.39 is 0 Å². The minimum absolute atomic E-state index is 0.342. The summed E-state index contributed by atoms with van der Waals surface area (Å²) in [6.07, 6.45) is 0. The van der Waals surface area contributed by atoms with E-state index in [1.54, 1.807) is 12.1 Å². The first-order valence-electron chi connectivity index (χ1n) is 9.52. The molecule has 0 atom stereocenters. The van der Waals surface area contributed by atoms with Gasteiger partial charge in [0.05, 0.1) is 0 Å². The van der Waals surface area contributed by atoms with E-state index in [4.69, 9.17) is 9.15 Å². The van der Waals surface area contributed by atoms with Crippen molar-refractivity contribution in [1.82, 2.24) is 9.80 Å². The van der Waals surface area contributed by atoms with Crippen LogP contribution < -0.4 is 10.4 Å². The quantitative estimate of drug-likeness (QED) is 0.543. The number of hydrogen-bond acceptors (Lipinski definition) is 5. The molecule has 146 valence electrons. The van der Waals surface area contributed by atoms with E-state index in [1.807, 2.05) is 12.1 Å². The predicted octanol–water partition coefficient (Wildman–Crippen LogP) is 3.75. The van der Waals surface area contributed by atoms with Crippen LogP contribution in [0.2, 0.25) is 0 Å². The van der Waals surface area contributed by atoms with Crippen LogP contribution in [0.1, 0.15) is 5.56 Å². The maximum Gasteiger partial charge on any atom is 0.336 e. The van der Waals surface area contributed by atoms with Crippen LogP contribution >= 0.6 is 15.9 Å². The highest BCUT2D eigenvalue weighted by Gasteiger charge is 2.16. The molecule has 0 amide bonds. The normalized spacial score (nSPS) is 15.8. The van der Waals surface area contributed by atoms with E-state index in [0.29, 0.717) is 12.2 Å². The number of hydrogen-bond donors (Lipinski definition) is 0. The third-order valence-electron chi connectivity index (χ3n) is 5.06. The Labute approximate surface area is 172 Å². The van der Waals surface area contributed by atoms with E-state index >= 15 is 0 Å². The lowest BCUT2D eigenvalue weighted by atomic mass is 10.2. The van der Waals surface area contributed by atoms with Crippen molar-refractivity contribution < 1.29 is 9.15 Å². The molecule has 1 aliphatic rings. The van der Waals surface area contributed by atoms with Gasteiger partial charge in [-0.1, -0.05) is 28.1 Å². The van der Waals surface area contributed by atoms with Gasteiger partial charge in [-0.15, -0.1) is 0 Å². The van der Waals surface area contributed by atoms with Crippen LogP contribution in [0, 0.1) is 0 Å². The van der Waals surface area contributed by atoms with Gasteiger partial charge in [-0.3, -0.25) is 9.80 Å². The highest BCUT2D eigenvalue weighted by atomic mass is 79.9. The largest absolute Gasteiger partial charge is 0.492 e. The molecule has 6 heteroatoms. The minimum atomic E-state index is -0.342. The van der Waals surface area contributed by atoms with Crippen LogP contribution in [0.5, 0.6) is 5.75 Å². The lowest BCUT2D eigenvalue weighted by molar-refractivity contribution is 0.112. The Morgan fingerprint density at radius 1 is 0.929 bits per heavy atom. The summed E-state index contributed by atoms with van der Waals surface area (Å²) in [5.74, 6) is 0.732. The van der Waals surface area contributed by atoms with Gasteiger partial charge in [0.2, 0.25) is 0 Å². The van der Waals surface area contributed by atoms with Crippen molar-refractivity contribution >= 4 is 26.9 Å². The van der Waals surface area contributed by atoms with E-state index in [9.17, 15) is 4.79 Å². The molecule has 4 rings (SSSR count). The number of nitrogens with zero attached hydrogens (tertiary/aromatic N) is 2. The first kappa shape index (κ1) is 19.2. The molecule has 1 aliphatic heterocycles. The zero-order valence-corrected chi connectivity index (χ0v) is 17.2. The van der Waals surface area contributed by atoms with Gasteiger partial charge in [0.15, 0.2) is 0 Å². The summed E-state index contributed by atoms with van der Waals surface area (Å²) in [6.45, 7) is 6.74. The fraction of sp³-hybridized carbons (Fsp3) is 0.318. The first-order valence-corrected chi connectivity index (χ1v) is 10.3. The lowest BCUT2D eigenvalue weighted by Crippen LogP contribution is -2.47. The van der Waals surface area contributed by atoms with E-state index in [2.05, 4.69) is 50.0 Å². The van der Waals surface area contributed by atoms with Crippen LogP contribution in [0.25, 0.3) is 11.0 Å². The Kier molecular flexibility index (Phi) is 6.10. The molecule has 1 fully saturated rings. The van der Waals surface area contributed by atoms with Crippen LogP contribution in [-0.4, -0.2) is 49.1 Å². The van der Waals surface area contributed by atoms with Gasteiger partial charge < -0.3 is 9.15 Å². The Balaban J connectivity index is 1.22. The van der Waals surface area contributed by atoms with Gasteiger partial charge in [0, 0.05) is 61.3 Å². The molecule has 0 saturated carbocycles. The van der Waals surface area contributed by atoms with Crippen molar-refractivity contribution in [1.29, 1.82) is 0 Å². The highest BCUT2D eigenvalue weighted by Crippen LogP contribution is 2.19. The van der Waals surface area contributed by atoms with Crippen molar-refractivity contribution in [3.05, 3.63) is 75.1 Å². The molecule has 1 aromatic heterocycles. The number of benzene rings is 2. The molecule has 0 unspecified atom stereocenters. The second-order valence-corrected chi connectivity index (χ2v) is 7.96. The fourth-order valence-electron chi connectivity index (χ4n) is 3.44. The summed E-state index contributed by atoms with van der Waals surface area (Å²) in [6, 6.07) is 17.4. The lowest BCUT2D eigenvalue weighted by Gasteiger charge is -2.34. The third kappa shape index (κ3) is 5.01. The molecule has 0 radical (unpaired) electrons. The second-order valence-electron chi connectivity index (χ2n) is 7.05. The maximum absolute atomic E-state index is 11.4. The van der Waals surface area contributed by atoms with Crippen LogP contribution in [0.15, 0.2) is 68.3 Å². The summed E-state index contributed by atoms with van der Waals surface area (Å²) >= 11 is 3.48. The molecule has 1 saturated heterocycles. The maximum atomic E-state index is 11.4. The average Bonchev–Trinajstić information content (AvgIpc) is 2.71. The minimum Gasteiger partial charge on any atom is -0.492 e. The van der Waals surface area contributed by atoms with Crippen LogP contribution in [0.4, 0.5) is 0 Å². The molecule has 0 aliphatic carbocycles. The zero-order chi connectivity index (χ0) is 19.3. The fourth-order valence-corrected chi connectivity index (χ4v) is 3.71. The summed E-state index contributed by atoms with van der Waals surface area (Å²) in [7, 11) is 0. The standard InChI is InChI=1S/C22H23BrN2O3/c23-19-5-1-17(2-6-19)16-25-11-9-24(10-12-25)13-14-27-20-7-3-18-4-8-22(26)28-21(18)15-20/h1-8,15H,9-14,16H2. The van der Waals surface area contributed by atoms with Gasteiger partial charge in [0.1, 0.15) is 17.9 Å². The molecular formula is C22H23BrN2O3. The average molecular weight is 443 g/mol. The second kappa shape index (κ2) is 8.90. The van der Waals surface area contributed by atoms with Crippen molar-refractivity contribution in [2.24, 2.45) is 0 Å². The molecule has 28 heavy (non-hydrogen) atoms. The molecular weight excluding hydrogens is 420 g/mol. The molecule has 2 aromatic carbocycles. The zero-order valence-electron chi connectivity index (χ0n) is 15.6. The number of halogens is 1. The van der Waals surface area contributed by atoms with Crippen molar-refractivity contribution in [3.63, 3.8) is 0 Å². The SMILES string of the molecule is O=c1ccc2ccc(OCCN3CCN(Cc4ccc(Br)cc4)CC3)cc2o1. The van der Waals surface area contributed by atoms with Crippen molar-refractivity contribution in [3.8, 4) is 5.75 Å². The van der Waals surface area contributed by atoms with Gasteiger partial charge in [-0.25, -0.2) is 4.79 Å². The molecule has 3 aromatic rings. The van der Waals surface area contributed by atoms with E-state index in [-0.39, 0.29) is 5.63 Å². The number of ether oxygens (including phenoxy) is 1. The topological polar surface area (TPSA) is 45.9 Å². The van der Waals surface area contributed by atoms with Gasteiger partial charge in [-0.05, 0) is 35.9 Å². The van der Waals surface area contributed by atoms with E-state index in [0.717, 1.165) is 54.9 Å². The summed E-state index contributed by atoms with van der Waals surface area (Å²) in [5, 5.41) is 0.897. The van der Waals surface area contributed by atoms with E-state index in [1.165, 1.54) is 11.6 Å². The first-order chi connectivity index (χ1) is 13.7. The molecule has 0 bridgehead atoms. The predicted molar refractivity (Wildman–Crippen MR) is 114 cm³/mol. The number of piperazine rings is 1. The highest BCUT2D eigenvalue weighted by molar-refractivity contribution is 9.10. The van der Waals surface area contributed by atoms with Crippen molar-refractivity contribution in [2.75, 3.05) is 39.3 Å². The Morgan fingerprint density at radius 2 is 1.64 bits per heavy atom. The summed E-state index contributed by atoms with van der Waals surface area (Å²) < 4.78 is 12.2. The van der Waals surface area contributed by atoms with Gasteiger partial charge >= 0.3 is 5.63 Å². The molecule has 0 N–H and O–H groups in total. The van der Waals surface area contributed by atoms with Gasteiger partial charge in [0.25, 0.3) is 0 Å². The van der Waals surface area contributed by atoms with Crippen molar-refractivity contribution in [2.45, 2.75) is 6.54 Å². The van der Waals surface area contributed by atoms with Crippen LogP contribution in [0.3, 0.4) is 0 Å². The monoisotopic (exact) mass is 442 g/mol.